The number of hydrogen-bond acceptors (Lipinski definition) is 2. The van der Waals surface area contributed by atoms with Crippen LogP contribution >= 0.6 is 31.9 Å². The van der Waals surface area contributed by atoms with E-state index in [1.54, 1.807) is 7.11 Å². The largest absolute Gasteiger partial charge is 0.497 e. The zero-order valence-electron chi connectivity index (χ0n) is 11.5. The second-order valence-electron chi connectivity index (χ2n) is 4.63. The summed E-state index contributed by atoms with van der Waals surface area (Å²) in [6, 6.07) is 14.7. The van der Waals surface area contributed by atoms with E-state index < -0.39 is 0 Å². The van der Waals surface area contributed by atoms with Crippen molar-refractivity contribution in [3.05, 3.63) is 62.5 Å². The van der Waals surface area contributed by atoms with Crippen molar-refractivity contribution in [3.63, 3.8) is 0 Å². The van der Waals surface area contributed by atoms with Gasteiger partial charge in [-0.3, -0.25) is 0 Å². The Morgan fingerprint density at radius 1 is 1.10 bits per heavy atom. The fourth-order valence-corrected chi connectivity index (χ4v) is 2.62. The van der Waals surface area contributed by atoms with Crippen LogP contribution in [0.2, 0.25) is 0 Å². The highest BCUT2D eigenvalue weighted by Crippen LogP contribution is 2.24. The Balaban J connectivity index is 2.00. The van der Waals surface area contributed by atoms with Gasteiger partial charge in [-0.25, -0.2) is 0 Å². The van der Waals surface area contributed by atoms with Crippen LogP contribution in [0.1, 0.15) is 24.1 Å². The number of ether oxygens (including phenoxy) is 1. The van der Waals surface area contributed by atoms with Crippen LogP contribution in [0.3, 0.4) is 0 Å². The fraction of sp³-hybridized carbons (Fsp3) is 0.250. The summed E-state index contributed by atoms with van der Waals surface area (Å²) in [5.74, 6) is 0.891. The van der Waals surface area contributed by atoms with Crippen molar-refractivity contribution in [3.8, 4) is 5.75 Å². The molecule has 0 saturated heterocycles. The van der Waals surface area contributed by atoms with E-state index in [1.807, 2.05) is 12.1 Å². The molecule has 0 heterocycles. The minimum absolute atomic E-state index is 0.271. The molecule has 0 aliphatic rings. The molecule has 0 aliphatic heterocycles. The van der Waals surface area contributed by atoms with E-state index in [0.717, 1.165) is 21.2 Å². The monoisotopic (exact) mass is 397 g/mol. The molecule has 1 atom stereocenters. The molecule has 20 heavy (non-hydrogen) atoms. The Labute approximate surface area is 136 Å². The average Bonchev–Trinajstić information content (AvgIpc) is 2.48. The molecule has 0 radical (unpaired) electrons. The quantitative estimate of drug-likeness (QED) is 0.758. The second-order valence-corrected chi connectivity index (χ2v) is 6.34. The van der Waals surface area contributed by atoms with Crippen molar-refractivity contribution in [1.29, 1.82) is 0 Å². The lowest BCUT2D eigenvalue weighted by atomic mass is 10.1. The maximum Gasteiger partial charge on any atom is 0.119 e. The molecule has 0 saturated carbocycles. The number of halogens is 2. The maximum atomic E-state index is 5.26. The maximum absolute atomic E-state index is 5.26. The van der Waals surface area contributed by atoms with E-state index in [9.17, 15) is 0 Å². The summed E-state index contributed by atoms with van der Waals surface area (Å²) in [7, 11) is 1.69. The zero-order valence-corrected chi connectivity index (χ0v) is 14.7. The van der Waals surface area contributed by atoms with Crippen molar-refractivity contribution in [2.24, 2.45) is 0 Å². The Morgan fingerprint density at radius 2 is 1.90 bits per heavy atom. The average molecular weight is 399 g/mol. The van der Waals surface area contributed by atoms with Crippen molar-refractivity contribution in [1.82, 2.24) is 5.32 Å². The van der Waals surface area contributed by atoms with Gasteiger partial charge in [0.1, 0.15) is 5.75 Å². The third-order valence-electron chi connectivity index (χ3n) is 3.19. The van der Waals surface area contributed by atoms with Crippen LogP contribution < -0.4 is 10.1 Å². The lowest BCUT2D eigenvalue weighted by Gasteiger charge is -2.15. The lowest BCUT2D eigenvalue weighted by Crippen LogP contribution is -2.18. The van der Waals surface area contributed by atoms with Gasteiger partial charge in [0, 0.05) is 21.5 Å². The highest BCUT2D eigenvalue weighted by atomic mass is 79.9. The molecule has 2 aromatic rings. The van der Waals surface area contributed by atoms with Crippen LogP contribution in [0.5, 0.6) is 5.75 Å². The SMILES string of the molecule is COc1cccc([C@@H](C)NCc2ccc(Br)c(Br)c2)c1. The summed E-state index contributed by atoms with van der Waals surface area (Å²) in [4.78, 5) is 0. The van der Waals surface area contributed by atoms with Gasteiger partial charge in [0.25, 0.3) is 0 Å². The molecule has 2 nitrogen and oxygen atoms in total. The molecule has 2 aromatic carbocycles. The first-order chi connectivity index (χ1) is 9.60. The van der Waals surface area contributed by atoms with Crippen molar-refractivity contribution in [2.45, 2.75) is 19.5 Å². The Morgan fingerprint density at radius 3 is 2.60 bits per heavy atom. The van der Waals surface area contributed by atoms with Crippen LogP contribution in [-0.2, 0) is 6.54 Å². The molecule has 0 fully saturated rings. The van der Waals surface area contributed by atoms with Gasteiger partial charge in [0.15, 0.2) is 0 Å². The third-order valence-corrected chi connectivity index (χ3v) is 5.07. The van der Waals surface area contributed by atoms with Crippen LogP contribution in [0.4, 0.5) is 0 Å². The summed E-state index contributed by atoms with van der Waals surface area (Å²) in [5.41, 5.74) is 2.47. The Hall–Kier alpha value is -0.840. The molecule has 0 spiro atoms. The van der Waals surface area contributed by atoms with E-state index in [1.165, 1.54) is 11.1 Å². The van der Waals surface area contributed by atoms with E-state index >= 15 is 0 Å². The van der Waals surface area contributed by atoms with Gasteiger partial charge < -0.3 is 10.1 Å². The van der Waals surface area contributed by atoms with E-state index in [0.29, 0.717) is 0 Å². The molecule has 0 aromatic heterocycles. The van der Waals surface area contributed by atoms with Crippen LogP contribution in [0.15, 0.2) is 51.4 Å². The summed E-state index contributed by atoms with van der Waals surface area (Å²) < 4.78 is 7.40. The smallest absolute Gasteiger partial charge is 0.119 e. The molecule has 0 aliphatic carbocycles. The van der Waals surface area contributed by atoms with Crippen LogP contribution in [0, 0.1) is 0 Å². The lowest BCUT2D eigenvalue weighted by molar-refractivity contribution is 0.413. The van der Waals surface area contributed by atoms with Gasteiger partial charge in [-0.2, -0.15) is 0 Å². The molecule has 0 amide bonds. The normalized spacial score (nSPS) is 12.2. The minimum atomic E-state index is 0.271. The fourth-order valence-electron chi connectivity index (χ4n) is 1.95. The number of hydrogen-bond donors (Lipinski definition) is 1. The van der Waals surface area contributed by atoms with Gasteiger partial charge in [0.05, 0.1) is 7.11 Å². The predicted molar refractivity (Wildman–Crippen MR) is 90.1 cm³/mol. The number of benzene rings is 2. The van der Waals surface area contributed by atoms with E-state index in [4.69, 9.17) is 4.74 Å². The molecule has 2 rings (SSSR count). The predicted octanol–water partition coefficient (Wildman–Crippen LogP) is 5.07. The topological polar surface area (TPSA) is 21.3 Å². The molecule has 106 valence electrons. The zero-order chi connectivity index (χ0) is 14.5. The number of methoxy groups -OCH3 is 1. The standard InChI is InChI=1S/C16H17Br2NO/c1-11(13-4-3-5-14(9-13)20-2)19-10-12-6-7-15(17)16(18)8-12/h3-9,11,19H,10H2,1-2H3/t11-/m1/s1. The van der Waals surface area contributed by atoms with Gasteiger partial charge in [-0.15, -0.1) is 0 Å². The molecular weight excluding hydrogens is 382 g/mol. The van der Waals surface area contributed by atoms with Crippen molar-refractivity contribution >= 4 is 31.9 Å². The van der Waals surface area contributed by atoms with Gasteiger partial charge in [-0.1, -0.05) is 18.2 Å². The third kappa shape index (κ3) is 4.08. The summed E-state index contributed by atoms with van der Waals surface area (Å²) in [6.45, 7) is 2.98. The molecule has 4 heteroatoms. The summed E-state index contributed by atoms with van der Waals surface area (Å²) in [5, 5.41) is 3.52. The summed E-state index contributed by atoms with van der Waals surface area (Å²) >= 11 is 7.01. The van der Waals surface area contributed by atoms with Crippen molar-refractivity contribution in [2.75, 3.05) is 7.11 Å². The first kappa shape index (κ1) is 15.5. The van der Waals surface area contributed by atoms with E-state index in [2.05, 4.69) is 74.4 Å². The molecule has 0 bridgehead atoms. The Bertz CT molecular complexity index is 586. The summed E-state index contributed by atoms with van der Waals surface area (Å²) in [6.07, 6.45) is 0. The Kier molecular flexibility index (Phi) is 5.64. The van der Waals surface area contributed by atoms with E-state index in [-0.39, 0.29) is 6.04 Å². The van der Waals surface area contributed by atoms with Crippen molar-refractivity contribution < 1.29 is 4.74 Å². The van der Waals surface area contributed by atoms with Crippen LogP contribution in [0.25, 0.3) is 0 Å². The van der Waals surface area contributed by atoms with Gasteiger partial charge in [-0.05, 0) is 74.2 Å². The molecule has 1 N–H and O–H groups in total. The second kappa shape index (κ2) is 7.25. The van der Waals surface area contributed by atoms with Gasteiger partial charge >= 0.3 is 0 Å². The molecular formula is C16H17Br2NO. The van der Waals surface area contributed by atoms with Gasteiger partial charge in [0.2, 0.25) is 0 Å². The minimum Gasteiger partial charge on any atom is -0.497 e. The number of nitrogens with one attached hydrogen (secondary N) is 1. The first-order valence-corrected chi connectivity index (χ1v) is 8.00. The number of rotatable bonds is 5. The first-order valence-electron chi connectivity index (χ1n) is 6.41. The van der Waals surface area contributed by atoms with Crippen LogP contribution in [-0.4, -0.2) is 7.11 Å². The highest BCUT2D eigenvalue weighted by molar-refractivity contribution is 9.13. The molecule has 0 unspecified atom stereocenters. The highest BCUT2D eigenvalue weighted by Gasteiger charge is 2.06.